The van der Waals surface area contributed by atoms with Crippen LogP contribution >= 0.6 is 12.2 Å². The molecule has 0 aliphatic carbocycles. The third kappa shape index (κ3) is 9.83. The Bertz CT molecular complexity index is 250. The molecule has 0 bridgehead atoms. The molecule has 0 spiro atoms. The van der Waals surface area contributed by atoms with Gasteiger partial charge in [-0.1, -0.05) is 0 Å². The zero-order valence-electron chi connectivity index (χ0n) is 11.9. The molecule has 0 atom stereocenters. The van der Waals surface area contributed by atoms with Crippen molar-refractivity contribution in [2.24, 2.45) is 0 Å². The third-order valence-corrected chi connectivity index (χ3v) is 2.02. The Kier molecular flexibility index (Phi) is 14.7. The fourth-order valence-corrected chi connectivity index (χ4v) is 0.962. The van der Waals surface area contributed by atoms with Gasteiger partial charge in [-0.25, -0.2) is 0 Å². The van der Waals surface area contributed by atoms with Crippen molar-refractivity contribution in [1.29, 1.82) is 0 Å². The van der Waals surface area contributed by atoms with E-state index in [1.165, 1.54) is 23.9 Å². The monoisotopic (exact) mass is 268 g/mol. The zero-order valence-corrected chi connectivity index (χ0v) is 14.7. The molecule has 0 aromatic carbocycles. The molecule has 0 saturated carbocycles. The Labute approximate surface area is 147 Å². The molecule has 0 amide bonds. The number of likely N-dealkylation sites (N-methyl/N-ethyl adjacent to an activating group) is 2. The van der Waals surface area contributed by atoms with Gasteiger partial charge in [0.2, 0.25) is 0 Å². The predicted octanol–water partition coefficient (Wildman–Crippen LogP) is -6.46. The summed E-state index contributed by atoms with van der Waals surface area (Å²) in [4.78, 5) is 23.2. The quantitative estimate of drug-likeness (QED) is 0.387. The molecule has 84 valence electrons. The fraction of sp³-hybridized carbons (Fsp3) is 0.571. The van der Waals surface area contributed by atoms with Gasteiger partial charge >= 0.3 is 71.1 Å². The van der Waals surface area contributed by atoms with E-state index in [0.717, 1.165) is 0 Å². The van der Waals surface area contributed by atoms with Gasteiger partial charge in [-0.3, -0.25) is 9.59 Å². The van der Waals surface area contributed by atoms with E-state index in [1.807, 2.05) is 0 Å². The summed E-state index contributed by atoms with van der Waals surface area (Å²) in [5.41, 5.74) is 0. The minimum atomic E-state index is -1.02. The van der Waals surface area contributed by atoms with Crippen LogP contribution in [0.25, 0.3) is 0 Å². The number of hydrogen-bond donors (Lipinski definition) is 2. The molecular weight excluding hydrogens is 254 g/mol. The number of rotatable bonds is 4. The van der Waals surface area contributed by atoms with E-state index in [4.69, 9.17) is 22.4 Å². The smallest absolute Gasteiger partial charge is 1.00 e. The summed E-state index contributed by atoms with van der Waals surface area (Å²) < 4.78 is 0. The molecule has 16 heavy (non-hydrogen) atoms. The number of thiocarbonyl (C=S) groups is 1. The van der Waals surface area contributed by atoms with Crippen LogP contribution in [-0.2, 0) is 9.59 Å². The number of carboxylic acids is 2. The summed E-state index contributed by atoms with van der Waals surface area (Å²) in [6, 6.07) is 0. The van der Waals surface area contributed by atoms with Gasteiger partial charge in [-0.15, -0.1) is 0 Å². The second-order valence-electron chi connectivity index (χ2n) is 2.78. The molecule has 0 rings (SSSR count). The average Bonchev–Trinajstić information content (AvgIpc) is 2.00. The first kappa shape index (κ1) is 21.9. The summed E-state index contributed by atoms with van der Waals surface area (Å²) >= 11 is 4.86. The van der Waals surface area contributed by atoms with Crippen molar-refractivity contribution in [1.82, 2.24) is 9.80 Å². The number of aliphatic carboxylic acids is 2. The van der Waals surface area contributed by atoms with E-state index in [9.17, 15) is 9.59 Å². The van der Waals surface area contributed by atoms with Gasteiger partial charge in [0, 0.05) is 14.1 Å². The van der Waals surface area contributed by atoms with Crippen LogP contribution in [0.5, 0.6) is 0 Å². The summed E-state index contributed by atoms with van der Waals surface area (Å²) in [5.74, 6) is -2.03. The predicted molar refractivity (Wildman–Crippen MR) is 55.4 cm³/mol. The van der Waals surface area contributed by atoms with Gasteiger partial charge in [-0.2, -0.15) is 0 Å². The molecule has 0 radical (unpaired) electrons. The maximum absolute atomic E-state index is 10.3. The van der Waals surface area contributed by atoms with Crippen LogP contribution in [0.1, 0.15) is 2.85 Å². The van der Waals surface area contributed by atoms with Gasteiger partial charge in [-0.05, 0) is 12.2 Å². The van der Waals surface area contributed by atoms with E-state index >= 15 is 0 Å². The van der Waals surface area contributed by atoms with Crippen LogP contribution in [0, 0.1) is 0 Å². The van der Waals surface area contributed by atoms with Crippen molar-refractivity contribution < 1.29 is 81.8 Å². The van der Waals surface area contributed by atoms with Gasteiger partial charge < -0.3 is 22.9 Å². The van der Waals surface area contributed by atoms with Crippen LogP contribution in [0.4, 0.5) is 0 Å². The van der Waals surface area contributed by atoms with Gasteiger partial charge in [0.1, 0.15) is 13.1 Å². The van der Waals surface area contributed by atoms with Gasteiger partial charge in [0.05, 0.1) is 0 Å². The standard InChI is InChI=1S/C7H12N2O4S.2Na.2H/c1-8(3-5(10)11)7(14)9(2)4-6(12)13;;;;/h3-4H2,1-2H3,(H,10,11)(H,12,13);;;;/q;2*+1;2*-1. The largest absolute Gasteiger partial charge is 1.00 e. The van der Waals surface area contributed by atoms with E-state index in [-0.39, 0.29) is 80.2 Å². The third-order valence-electron chi connectivity index (χ3n) is 1.40. The number of hydrogen-bond acceptors (Lipinski definition) is 3. The first-order chi connectivity index (χ1) is 6.34. The Morgan fingerprint density at radius 3 is 1.50 bits per heavy atom. The molecule has 2 N–H and O–H groups in total. The van der Waals surface area contributed by atoms with E-state index in [2.05, 4.69) is 0 Å². The second-order valence-corrected chi connectivity index (χ2v) is 3.15. The fourth-order valence-electron chi connectivity index (χ4n) is 0.832. The first-order valence-corrected chi connectivity index (χ1v) is 4.15. The first-order valence-electron chi connectivity index (χ1n) is 3.74. The maximum Gasteiger partial charge on any atom is 1.00 e. The second kappa shape index (κ2) is 10.8. The molecule has 0 fully saturated rings. The SMILES string of the molecule is CN(CC(=O)O)C(=S)N(C)CC(=O)O.[H-].[H-].[Na+].[Na+]. The Morgan fingerprint density at radius 1 is 1.06 bits per heavy atom. The number of carboxylic acid groups (broad SMARTS) is 2. The van der Waals surface area contributed by atoms with E-state index < -0.39 is 11.9 Å². The van der Waals surface area contributed by atoms with Crippen LogP contribution in [-0.4, -0.2) is 64.2 Å². The Hall–Kier alpha value is 0.630. The molecular formula is C7H14N2Na2O4S. The normalized spacial score (nSPS) is 8.12. The minimum Gasteiger partial charge on any atom is -1.00 e. The van der Waals surface area contributed by atoms with Crippen molar-refractivity contribution >= 4 is 29.3 Å². The van der Waals surface area contributed by atoms with Crippen molar-refractivity contribution in [2.45, 2.75) is 0 Å². The Morgan fingerprint density at radius 2 is 1.31 bits per heavy atom. The van der Waals surface area contributed by atoms with Crippen LogP contribution in [0.2, 0.25) is 0 Å². The molecule has 0 aliphatic rings. The summed E-state index contributed by atoms with van der Waals surface area (Å²) in [6.07, 6.45) is 0. The molecule has 0 aromatic heterocycles. The van der Waals surface area contributed by atoms with Crippen LogP contribution in [0.15, 0.2) is 0 Å². The molecule has 0 heterocycles. The van der Waals surface area contributed by atoms with Crippen molar-refractivity contribution in [3.63, 3.8) is 0 Å². The van der Waals surface area contributed by atoms with E-state index in [1.54, 1.807) is 0 Å². The van der Waals surface area contributed by atoms with Crippen molar-refractivity contribution in [3.05, 3.63) is 0 Å². The summed E-state index contributed by atoms with van der Waals surface area (Å²) in [7, 11) is 2.99. The summed E-state index contributed by atoms with van der Waals surface area (Å²) in [5, 5.41) is 17.1. The molecule has 6 nitrogen and oxygen atoms in total. The van der Waals surface area contributed by atoms with Gasteiger partial charge in [0.15, 0.2) is 5.11 Å². The summed E-state index contributed by atoms with van der Waals surface area (Å²) in [6.45, 7) is -0.494. The molecule has 0 unspecified atom stereocenters. The van der Waals surface area contributed by atoms with Crippen molar-refractivity contribution in [3.8, 4) is 0 Å². The number of nitrogens with zero attached hydrogens (tertiary/aromatic N) is 2. The van der Waals surface area contributed by atoms with Gasteiger partial charge in [0.25, 0.3) is 0 Å². The molecule has 0 aliphatic heterocycles. The van der Waals surface area contributed by atoms with Crippen molar-refractivity contribution in [2.75, 3.05) is 27.2 Å². The topological polar surface area (TPSA) is 81.1 Å². The average molecular weight is 268 g/mol. The molecule has 9 heteroatoms. The minimum absolute atomic E-state index is 0. The van der Waals surface area contributed by atoms with Crippen LogP contribution in [0.3, 0.4) is 0 Å². The zero-order chi connectivity index (χ0) is 11.3. The molecule has 0 aromatic rings. The number of carbonyl (C=O) groups is 2. The van der Waals surface area contributed by atoms with E-state index in [0.29, 0.717) is 0 Å². The molecule has 0 saturated heterocycles. The Balaban J connectivity index is -0.000000141. The van der Waals surface area contributed by atoms with Crippen LogP contribution < -0.4 is 59.1 Å². The maximum atomic E-state index is 10.3.